The van der Waals surface area contributed by atoms with Crippen LogP contribution in [0.5, 0.6) is 11.5 Å². The van der Waals surface area contributed by atoms with Crippen LogP contribution >= 0.6 is 0 Å². The molecule has 148 valence electrons. The minimum absolute atomic E-state index is 0.0324. The lowest BCUT2D eigenvalue weighted by Gasteiger charge is -2.31. The number of likely N-dealkylation sites (tertiary alicyclic amines) is 1. The second-order valence-corrected chi connectivity index (χ2v) is 7.12. The van der Waals surface area contributed by atoms with Crippen LogP contribution in [0.1, 0.15) is 38.2 Å². The molecule has 1 saturated heterocycles. The van der Waals surface area contributed by atoms with Crippen molar-refractivity contribution in [3.8, 4) is 11.5 Å². The molecule has 1 heterocycles. The van der Waals surface area contributed by atoms with E-state index in [1.165, 1.54) is 0 Å². The lowest BCUT2D eigenvalue weighted by atomic mass is 9.96. The van der Waals surface area contributed by atoms with Crippen LogP contribution in [0.3, 0.4) is 0 Å². The van der Waals surface area contributed by atoms with Crippen molar-refractivity contribution in [3.05, 3.63) is 23.8 Å². The summed E-state index contributed by atoms with van der Waals surface area (Å²) in [5.74, 6) is 1.54. The molecule has 3 rings (SSSR count). The van der Waals surface area contributed by atoms with E-state index in [-0.39, 0.29) is 17.9 Å². The Morgan fingerprint density at radius 3 is 2.52 bits per heavy atom. The Hall–Kier alpha value is -2.44. The number of nitrogens with one attached hydrogen (secondary N) is 2. The second kappa shape index (κ2) is 8.97. The Bertz CT molecular complexity index is 667. The molecule has 1 saturated carbocycles. The predicted octanol–water partition coefficient (Wildman–Crippen LogP) is 2.29. The molecule has 7 heteroatoms. The van der Waals surface area contributed by atoms with Gasteiger partial charge in [0.25, 0.3) is 0 Å². The van der Waals surface area contributed by atoms with E-state index < -0.39 is 0 Å². The van der Waals surface area contributed by atoms with Crippen molar-refractivity contribution in [1.82, 2.24) is 15.5 Å². The van der Waals surface area contributed by atoms with Crippen LogP contribution in [0.25, 0.3) is 0 Å². The van der Waals surface area contributed by atoms with Crippen LogP contribution in [0.2, 0.25) is 0 Å². The molecule has 0 bridgehead atoms. The molecule has 3 amide bonds. The minimum Gasteiger partial charge on any atom is -0.493 e. The summed E-state index contributed by atoms with van der Waals surface area (Å²) < 4.78 is 10.8. The van der Waals surface area contributed by atoms with Crippen molar-refractivity contribution in [3.63, 3.8) is 0 Å². The van der Waals surface area contributed by atoms with Gasteiger partial charge in [-0.3, -0.25) is 4.79 Å². The Morgan fingerprint density at radius 2 is 1.89 bits per heavy atom. The van der Waals surface area contributed by atoms with Crippen LogP contribution in [0.4, 0.5) is 4.79 Å². The number of hydrogen-bond donors (Lipinski definition) is 2. The second-order valence-electron chi connectivity index (χ2n) is 7.12. The van der Waals surface area contributed by atoms with Crippen LogP contribution in [-0.4, -0.2) is 49.7 Å². The minimum atomic E-state index is -0.0936. The molecule has 2 aliphatic rings. The molecule has 0 radical (unpaired) electrons. The van der Waals surface area contributed by atoms with E-state index in [1.807, 2.05) is 25.1 Å². The fraction of sp³-hybridized carbons (Fsp3) is 0.600. The molecule has 27 heavy (non-hydrogen) atoms. The molecular weight excluding hydrogens is 346 g/mol. The molecule has 0 atom stereocenters. The lowest BCUT2D eigenvalue weighted by molar-refractivity contribution is -0.126. The zero-order chi connectivity index (χ0) is 19.2. The Balaban J connectivity index is 1.45. The van der Waals surface area contributed by atoms with Gasteiger partial charge in [0, 0.05) is 31.6 Å². The highest BCUT2D eigenvalue weighted by atomic mass is 16.5. The van der Waals surface area contributed by atoms with E-state index in [9.17, 15) is 9.59 Å². The number of hydrogen-bond acceptors (Lipinski definition) is 4. The number of nitrogens with zero attached hydrogens (tertiary/aromatic N) is 1. The van der Waals surface area contributed by atoms with Gasteiger partial charge in [-0.1, -0.05) is 6.07 Å². The summed E-state index contributed by atoms with van der Waals surface area (Å²) in [6.45, 7) is 4.14. The van der Waals surface area contributed by atoms with Crippen molar-refractivity contribution >= 4 is 11.9 Å². The topological polar surface area (TPSA) is 79.9 Å². The molecule has 7 nitrogen and oxygen atoms in total. The highest BCUT2D eigenvalue weighted by molar-refractivity contribution is 5.80. The van der Waals surface area contributed by atoms with Crippen molar-refractivity contribution in [2.24, 2.45) is 5.92 Å². The van der Waals surface area contributed by atoms with Gasteiger partial charge in [-0.05, 0) is 50.3 Å². The lowest BCUT2D eigenvalue weighted by Crippen LogP contribution is -2.46. The average molecular weight is 375 g/mol. The van der Waals surface area contributed by atoms with E-state index in [4.69, 9.17) is 9.47 Å². The van der Waals surface area contributed by atoms with E-state index in [0.29, 0.717) is 43.8 Å². The highest BCUT2D eigenvalue weighted by Gasteiger charge is 2.31. The third-order valence-electron chi connectivity index (χ3n) is 5.05. The third kappa shape index (κ3) is 5.28. The van der Waals surface area contributed by atoms with Crippen molar-refractivity contribution in [1.29, 1.82) is 0 Å². The molecule has 1 aromatic rings. The number of amides is 3. The Kier molecular flexibility index (Phi) is 6.42. The summed E-state index contributed by atoms with van der Waals surface area (Å²) in [6.07, 6.45) is 3.65. The summed E-state index contributed by atoms with van der Waals surface area (Å²) >= 11 is 0. The number of urea groups is 1. The smallest absolute Gasteiger partial charge is 0.317 e. The quantitative estimate of drug-likeness (QED) is 0.766. The summed E-state index contributed by atoms with van der Waals surface area (Å²) in [5, 5.41) is 6.01. The Morgan fingerprint density at radius 1 is 1.15 bits per heavy atom. The molecule has 2 fully saturated rings. The number of ether oxygens (including phenoxy) is 2. The van der Waals surface area contributed by atoms with Gasteiger partial charge in [-0.2, -0.15) is 0 Å². The molecule has 1 aliphatic carbocycles. The van der Waals surface area contributed by atoms with Gasteiger partial charge in [0.1, 0.15) is 0 Å². The molecule has 0 unspecified atom stereocenters. The van der Waals surface area contributed by atoms with E-state index >= 15 is 0 Å². The summed E-state index contributed by atoms with van der Waals surface area (Å²) in [6, 6.07) is 5.95. The van der Waals surface area contributed by atoms with Crippen LogP contribution in [0, 0.1) is 5.92 Å². The van der Waals surface area contributed by atoms with Crippen LogP contribution < -0.4 is 20.1 Å². The van der Waals surface area contributed by atoms with Gasteiger partial charge in [0.15, 0.2) is 11.5 Å². The van der Waals surface area contributed by atoms with E-state index in [1.54, 1.807) is 12.0 Å². The predicted molar refractivity (Wildman–Crippen MR) is 102 cm³/mol. The standard InChI is InChI=1S/C20H29N3O4/c1-3-27-17-7-4-14(12-18(17)26-2)13-21-20(25)23-10-8-15(9-11-23)19(24)22-16-5-6-16/h4,7,12,15-16H,3,5-6,8-11,13H2,1-2H3,(H,21,25)(H,22,24). The number of carbonyl (C=O) groups excluding carboxylic acids is 2. The molecular formula is C20H29N3O4. The monoisotopic (exact) mass is 375 g/mol. The summed E-state index contributed by atoms with van der Waals surface area (Å²) in [5.41, 5.74) is 0.947. The average Bonchev–Trinajstić information content (AvgIpc) is 3.51. The maximum absolute atomic E-state index is 12.4. The van der Waals surface area contributed by atoms with Gasteiger partial charge < -0.3 is 25.0 Å². The van der Waals surface area contributed by atoms with Gasteiger partial charge in [0.05, 0.1) is 13.7 Å². The SMILES string of the molecule is CCOc1ccc(CNC(=O)N2CCC(C(=O)NC3CC3)CC2)cc1OC. The van der Waals surface area contributed by atoms with Gasteiger partial charge in [0.2, 0.25) is 5.91 Å². The fourth-order valence-electron chi connectivity index (χ4n) is 3.28. The first-order chi connectivity index (χ1) is 13.1. The zero-order valence-corrected chi connectivity index (χ0v) is 16.1. The first-order valence-electron chi connectivity index (χ1n) is 9.73. The maximum Gasteiger partial charge on any atom is 0.317 e. The van der Waals surface area contributed by atoms with Crippen molar-refractivity contribution in [2.75, 3.05) is 26.8 Å². The normalized spacial score (nSPS) is 17.3. The van der Waals surface area contributed by atoms with Gasteiger partial charge in [-0.25, -0.2) is 4.79 Å². The molecule has 1 aliphatic heterocycles. The van der Waals surface area contributed by atoms with Crippen LogP contribution in [0.15, 0.2) is 18.2 Å². The number of piperidine rings is 1. The van der Waals surface area contributed by atoms with Crippen molar-refractivity contribution < 1.29 is 19.1 Å². The number of rotatable bonds is 7. The third-order valence-corrected chi connectivity index (χ3v) is 5.05. The molecule has 2 N–H and O–H groups in total. The first-order valence-corrected chi connectivity index (χ1v) is 9.73. The summed E-state index contributed by atoms with van der Waals surface area (Å²) in [7, 11) is 1.60. The van der Waals surface area contributed by atoms with Gasteiger partial charge >= 0.3 is 6.03 Å². The van der Waals surface area contributed by atoms with Crippen molar-refractivity contribution in [2.45, 2.75) is 45.2 Å². The molecule has 1 aromatic carbocycles. The zero-order valence-electron chi connectivity index (χ0n) is 16.1. The molecule has 0 aromatic heterocycles. The van der Waals surface area contributed by atoms with E-state index in [0.717, 1.165) is 31.2 Å². The largest absolute Gasteiger partial charge is 0.493 e. The first kappa shape index (κ1) is 19.3. The number of methoxy groups -OCH3 is 1. The Labute approximate surface area is 160 Å². The number of carbonyl (C=O) groups is 2. The molecule has 0 spiro atoms. The highest BCUT2D eigenvalue weighted by Crippen LogP contribution is 2.28. The van der Waals surface area contributed by atoms with E-state index in [2.05, 4.69) is 10.6 Å². The summed E-state index contributed by atoms with van der Waals surface area (Å²) in [4.78, 5) is 26.3. The fourth-order valence-corrected chi connectivity index (χ4v) is 3.28. The maximum atomic E-state index is 12.4. The number of benzene rings is 1. The van der Waals surface area contributed by atoms with Gasteiger partial charge in [-0.15, -0.1) is 0 Å². The van der Waals surface area contributed by atoms with Crippen LogP contribution in [-0.2, 0) is 11.3 Å².